The van der Waals surface area contributed by atoms with Crippen LogP contribution in [0, 0.1) is 0 Å². The lowest BCUT2D eigenvalue weighted by Crippen LogP contribution is -2.35. The van der Waals surface area contributed by atoms with Gasteiger partial charge < -0.3 is 19.6 Å². The Morgan fingerprint density at radius 3 is 2.48 bits per heavy atom. The number of fused-ring (bicyclic) bond motifs is 1. The Labute approximate surface area is 195 Å². The highest BCUT2D eigenvalue weighted by Gasteiger charge is 2.46. The second-order valence-corrected chi connectivity index (χ2v) is 9.57. The molecule has 1 N–H and O–H groups in total. The Kier molecular flexibility index (Phi) is 6.30. The maximum Gasteiger partial charge on any atom is 0.295 e. The summed E-state index contributed by atoms with van der Waals surface area (Å²) in [6, 6.07) is 12.8. The number of carbonyl (C=O) groups excluding carboxylic acids is 2. The number of aliphatic hydroxyl groups excluding tert-OH is 1. The minimum Gasteiger partial charge on any atom is -0.507 e. The molecule has 1 amide bonds. The molecule has 0 aromatic heterocycles. The first-order valence-electron chi connectivity index (χ1n) is 11.5. The number of rotatable bonds is 6. The lowest BCUT2D eigenvalue weighted by Gasteiger charge is -2.27. The molecule has 2 unspecified atom stereocenters. The van der Waals surface area contributed by atoms with Crippen LogP contribution in [0.5, 0.6) is 5.75 Å². The monoisotopic (exact) mass is 448 g/mol. The van der Waals surface area contributed by atoms with Crippen molar-refractivity contribution in [2.24, 2.45) is 0 Å². The molecule has 0 radical (unpaired) electrons. The van der Waals surface area contributed by atoms with Gasteiger partial charge in [0.25, 0.3) is 11.7 Å². The number of benzene rings is 2. The molecule has 2 heterocycles. The van der Waals surface area contributed by atoms with Crippen molar-refractivity contribution in [1.29, 1.82) is 0 Å². The van der Waals surface area contributed by atoms with Crippen molar-refractivity contribution in [2.75, 3.05) is 27.2 Å². The minimum absolute atomic E-state index is 0.0773. The van der Waals surface area contributed by atoms with E-state index in [-0.39, 0.29) is 17.4 Å². The second kappa shape index (κ2) is 9.02. The smallest absolute Gasteiger partial charge is 0.295 e. The largest absolute Gasteiger partial charge is 0.507 e. The van der Waals surface area contributed by atoms with Crippen LogP contribution in [-0.4, -0.2) is 59.9 Å². The van der Waals surface area contributed by atoms with Crippen molar-refractivity contribution >= 4 is 17.4 Å². The first kappa shape index (κ1) is 23.1. The number of likely N-dealkylation sites (tertiary alicyclic amines) is 1. The number of ketones is 1. The Bertz CT molecular complexity index is 1100. The van der Waals surface area contributed by atoms with Crippen molar-refractivity contribution in [3.8, 4) is 5.75 Å². The van der Waals surface area contributed by atoms with Gasteiger partial charge in [0.05, 0.1) is 11.6 Å². The summed E-state index contributed by atoms with van der Waals surface area (Å²) >= 11 is 0. The van der Waals surface area contributed by atoms with Crippen molar-refractivity contribution in [2.45, 2.75) is 45.3 Å². The zero-order valence-electron chi connectivity index (χ0n) is 20.0. The van der Waals surface area contributed by atoms with E-state index in [1.165, 1.54) is 5.56 Å². The van der Waals surface area contributed by atoms with Crippen LogP contribution >= 0.6 is 0 Å². The maximum absolute atomic E-state index is 13.2. The predicted octanol–water partition coefficient (Wildman–Crippen LogP) is 4.12. The van der Waals surface area contributed by atoms with Gasteiger partial charge in [0.1, 0.15) is 17.6 Å². The van der Waals surface area contributed by atoms with Gasteiger partial charge in [-0.1, -0.05) is 38.1 Å². The fraction of sp³-hybridized carbons (Fsp3) is 0.407. The normalized spacial score (nSPS) is 21.7. The molecule has 0 spiro atoms. The van der Waals surface area contributed by atoms with Gasteiger partial charge in [0, 0.05) is 25.1 Å². The Balaban J connectivity index is 1.80. The molecule has 1 fully saturated rings. The molecule has 0 saturated carbocycles. The standard InChI is InChI=1S/C27H32N2O4/c1-16(2)18-6-8-19(9-7-18)24-23(26(31)27(32)29(24)13-12-28(4)5)25(30)20-10-11-22-21(15-20)14-17(3)33-22/h6-11,15-17,24,30H,12-14H2,1-5H3/b25-23+. The number of amides is 1. The van der Waals surface area contributed by atoms with Crippen LogP contribution in [-0.2, 0) is 16.0 Å². The molecule has 0 aliphatic carbocycles. The number of carbonyl (C=O) groups is 2. The highest BCUT2D eigenvalue weighted by atomic mass is 16.5. The summed E-state index contributed by atoms with van der Waals surface area (Å²) in [5.74, 6) is -0.189. The molecule has 6 heteroatoms. The van der Waals surface area contributed by atoms with Crippen molar-refractivity contribution in [3.05, 3.63) is 70.3 Å². The van der Waals surface area contributed by atoms with E-state index in [0.29, 0.717) is 24.6 Å². The van der Waals surface area contributed by atoms with Crippen molar-refractivity contribution in [1.82, 2.24) is 9.80 Å². The van der Waals surface area contributed by atoms with E-state index in [4.69, 9.17) is 4.74 Å². The van der Waals surface area contributed by atoms with Gasteiger partial charge in [-0.15, -0.1) is 0 Å². The molecule has 2 aromatic carbocycles. The summed E-state index contributed by atoms with van der Waals surface area (Å²) in [6.07, 6.45) is 0.821. The van der Waals surface area contributed by atoms with Crippen LogP contribution in [0.25, 0.3) is 5.76 Å². The fourth-order valence-corrected chi connectivity index (χ4v) is 4.55. The SMILES string of the molecule is CC1Cc2cc(/C(O)=C3\C(=O)C(=O)N(CCN(C)C)C3c3ccc(C(C)C)cc3)ccc2O1. The summed E-state index contributed by atoms with van der Waals surface area (Å²) in [7, 11) is 3.85. The Morgan fingerprint density at radius 2 is 1.85 bits per heavy atom. The molecule has 6 nitrogen and oxygen atoms in total. The third-order valence-corrected chi connectivity index (χ3v) is 6.42. The number of nitrogens with zero attached hydrogens (tertiary/aromatic N) is 2. The average Bonchev–Trinajstić information content (AvgIpc) is 3.27. The number of hydrogen-bond donors (Lipinski definition) is 1. The molecule has 0 bridgehead atoms. The summed E-state index contributed by atoms with van der Waals surface area (Å²) in [5.41, 5.74) is 3.66. The summed E-state index contributed by atoms with van der Waals surface area (Å²) < 4.78 is 5.77. The molecule has 2 aromatic rings. The van der Waals surface area contributed by atoms with Gasteiger partial charge in [-0.3, -0.25) is 9.59 Å². The molecule has 33 heavy (non-hydrogen) atoms. The van der Waals surface area contributed by atoms with Gasteiger partial charge in [-0.25, -0.2) is 0 Å². The van der Waals surface area contributed by atoms with Crippen LogP contribution in [0.1, 0.15) is 55.0 Å². The van der Waals surface area contributed by atoms with E-state index in [0.717, 1.165) is 23.3 Å². The molecular formula is C27H32N2O4. The van der Waals surface area contributed by atoms with Crippen LogP contribution in [0.3, 0.4) is 0 Å². The zero-order chi connectivity index (χ0) is 23.9. The summed E-state index contributed by atoms with van der Waals surface area (Å²) in [4.78, 5) is 29.8. The molecule has 2 atom stereocenters. The number of aliphatic hydroxyl groups is 1. The third kappa shape index (κ3) is 4.40. The van der Waals surface area contributed by atoms with E-state index in [1.54, 1.807) is 11.0 Å². The highest BCUT2D eigenvalue weighted by molar-refractivity contribution is 6.46. The van der Waals surface area contributed by atoms with Crippen molar-refractivity contribution in [3.63, 3.8) is 0 Å². The number of Topliss-reactive ketones (excluding diaryl/α,β-unsaturated/α-hetero) is 1. The molecule has 174 valence electrons. The zero-order valence-corrected chi connectivity index (χ0v) is 20.0. The van der Waals surface area contributed by atoms with Crippen LogP contribution in [0.4, 0.5) is 0 Å². The Hall–Kier alpha value is -3.12. The lowest BCUT2D eigenvalue weighted by atomic mass is 9.92. The maximum atomic E-state index is 13.2. The lowest BCUT2D eigenvalue weighted by molar-refractivity contribution is -0.140. The van der Waals surface area contributed by atoms with Crippen LogP contribution < -0.4 is 4.74 Å². The molecule has 2 aliphatic rings. The van der Waals surface area contributed by atoms with E-state index < -0.39 is 17.7 Å². The highest BCUT2D eigenvalue weighted by Crippen LogP contribution is 2.40. The van der Waals surface area contributed by atoms with Gasteiger partial charge in [-0.2, -0.15) is 0 Å². The van der Waals surface area contributed by atoms with E-state index in [1.807, 2.05) is 62.3 Å². The molecule has 4 rings (SSSR count). The third-order valence-electron chi connectivity index (χ3n) is 6.42. The van der Waals surface area contributed by atoms with E-state index in [9.17, 15) is 14.7 Å². The fourth-order valence-electron chi connectivity index (χ4n) is 4.55. The van der Waals surface area contributed by atoms with E-state index in [2.05, 4.69) is 13.8 Å². The van der Waals surface area contributed by atoms with Gasteiger partial charge >= 0.3 is 0 Å². The first-order chi connectivity index (χ1) is 15.7. The number of likely N-dealkylation sites (N-methyl/N-ethyl adjacent to an activating group) is 1. The molecule has 1 saturated heterocycles. The van der Waals surface area contributed by atoms with Gasteiger partial charge in [0.15, 0.2) is 0 Å². The number of ether oxygens (including phenoxy) is 1. The predicted molar refractivity (Wildman–Crippen MR) is 128 cm³/mol. The second-order valence-electron chi connectivity index (χ2n) is 9.57. The van der Waals surface area contributed by atoms with Crippen molar-refractivity contribution < 1.29 is 19.4 Å². The Morgan fingerprint density at radius 1 is 1.15 bits per heavy atom. The van der Waals surface area contributed by atoms with Crippen LogP contribution in [0.2, 0.25) is 0 Å². The molecular weight excluding hydrogens is 416 g/mol. The minimum atomic E-state index is -0.644. The summed E-state index contributed by atoms with van der Waals surface area (Å²) in [6.45, 7) is 7.24. The van der Waals surface area contributed by atoms with Gasteiger partial charge in [-0.05, 0) is 61.8 Å². The quantitative estimate of drug-likeness (QED) is 0.409. The van der Waals surface area contributed by atoms with E-state index >= 15 is 0 Å². The van der Waals surface area contributed by atoms with Crippen LogP contribution in [0.15, 0.2) is 48.0 Å². The number of hydrogen-bond acceptors (Lipinski definition) is 5. The molecule has 2 aliphatic heterocycles. The van der Waals surface area contributed by atoms with Gasteiger partial charge in [0.2, 0.25) is 0 Å². The summed E-state index contributed by atoms with van der Waals surface area (Å²) in [5, 5.41) is 11.3. The first-order valence-corrected chi connectivity index (χ1v) is 11.5. The topological polar surface area (TPSA) is 70.1 Å². The average molecular weight is 449 g/mol.